The number of nitrogens with one attached hydrogen (secondary N) is 1. The average Bonchev–Trinajstić information content (AvgIpc) is 3.63. The molecule has 2 saturated heterocycles. The van der Waals surface area contributed by atoms with Crippen LogP contribution in [0.15, 0.2) is 18.7 Å². The van der Waals surface area contributed by atoms with Crippen LogP contribution in [0.1, 0.15) is 38.1 Å². The summed E-state index contributed by atoms with van der Waals surface area (Å²) in [5.74, 6) is 0.0923. The molecule has 3 aromatic heterocycles. The van der Waals surface area contributed by atoms with Crippen LogP contribution in [0, 0.1) is 5.82 Å². The van der Waals surface area contributed by atoms with E-state index in [2.05, 4.69) is 34.9 Å². The smallest absolute Gasteiger partial charge is 0.245 e. The minimum absolute atomic E-state index is 0.0400. The summed E-state index contributed by atoms with van der Waals surface area (Å²) >= 11 is 0. The van der Waals surface area contributed by atoms with E-state index in [-0.39, 0.29) is 42.3 Å². The average molecular weight is 580 g/mol. The van der Waals surface area contributed by atoms with Gasteiger partial charge in [0.05, 0.1) is 32.7 Å². The van der Waals surface area contributed by atoms with Gasteiger partial charge in [0, 0.05) is 26.3 Å². The zero-order valence-corrected chi connectivity index (χ0v) is 23.0. The maximum Gasteiger partial charge on any atom is 0.245 e. The molecule has 0 unspecified atom stereocenters. The lowest BCUT2D eigenvalue weighted by atomic mass is 10.1. The highest BCUT2D eigenvalue weighted by atomic mass is 32.2. The predicted molar refractivity (Wildman–Crippen MR) is 139 cm³/mol. The first-order valence-electron chi connectivity index (χ1n) is 12.7. The van der Waals surface area contributed by atoms with Gasteiger partial charge in [-0.25, -0.2) is 22.8 Å². The molecule has 15 nitrogen and oxygen atoms in total. The van der Waals surface area contributed by atoms with Gasteiger partial charge >= 0.3 is 0 Å². The van der Waals surface area contributed by atoms with Crippen LogP contribution in [0.3, 0.4) is 0 Å². The number of methoxy groups -OCH3 is 2. The molecular weight excluding hydrogens is 549 g/mol. The summed E-state index contributed by atoms with van der Waals surface area (Å²) in [5, 5.41) is 7.49. The molecule has 2 aliphatic rings. The van der Waals surface area contributed by atoms with Gasteiger partial charge in [-0.2, -0.15) is 9.97 Å². The van der Waals surface area contributed by atoms with Crippen molar-refractivity contribution in [1.82, 2.24) is 34.7 Å². The Balaban J connectivity index is 1.52. The van der Waals surface area contributed by atoms with Crippen molar-refractivity contribution in [3.63, 3.8) is 0 Å². The Bertz CT molecular complexity index is 1400. The third-order valence-corrected chi connectivity index (χ3v) is 8.30. The quantitative estimate of drug-likeness (QED) is 0.365. The molecule has 0 amide bonds. The molecule has 2 aliphatic heterocycles. The van der Waals surface area contributed by atoms with E-state index in [1.807, 2.05) is 6.92 Å². The second-order valence-corrected chi connectivity index (χ2v) is 11.1. The van der Waals surface area contributed by atoms with Gasteiger partial charge in [0.25, 0.3) is 0 Å². The molecule has 5 rings (SSSR count). The van der Waals surface area contributed by atoms with Gasteiger partial charge in [0.15, 0.2) is 17.3 Å². The Morgan fingerprint density at radius 1 is 1.10 bits per heavy atom. The number of ether oxygens (including phenoxy) is 4. The highest BCUT2D eigenvalue weighted by Gasteiger charge is 2.39. The van der Waals surface area contributed by atoms with Crippen LogP contribution >= 0.6 is 0 Å². The Morgan fingerprint density at radius 2 is 1.82 bits per heavy atom. The lowest BCUT2D eigenvalue weighted by Crippen LogP contribution is -2.51. The van der Waals surface area contributed by atoms with Crippen molar-refractivity contribution in [3.8, 4) is 17.4 Å². The van der Waals surface area contributed by atoms with Gasteiger partial charge in [0.2, 0.25) is 33.7 Å². The first kappa shape index (κ1) is 27.9. The zero-order chi connectivity index (χ0) is 28.3. The number of halogens is 1. The topological polar surface area (TPSA) is 169 Å². The summed E-state index contributed by atoms with van der Waals surface area (Å²) in [6.07, 6.45) is 4.13. The molecule has 0 aromatic carbocycles. The Kier molecular flexibility index (Phi) is 8.22. The van der Waals surface area contributed by atoms with Crippen LogP contribution in [0.4, 0.5) is 16.3 Å². The van der Waals surface area contributed by atoms with Crippen LogP contribution in [0.25, 0.3) is 5.69 Å². The number of hydrogen-bond acceptors (Lipinski definition) is 13. The molecule has 0 saturated carbocycles. The number of aromatic nitrogens is 7. The van der Waals surface area contributed by atoms with Crippen molar-refractivity contribution >= 4 is 21.9 Å². The SMILES string of the molecule is CCO[C@@H]1C[C@H](S(=O)(=O)Nc2nnc([C@@H]3CCCO3)n2-c2c(OC)ncnc2OC)CN(c2ncc(F)cn2)C1. The standard InChI is InChI=1S/C23H30FN9O6S/c1-4-38-15-8-16(12-32(11-15)22-25-9-14(24)10-26-22)40(34,35)31-23-30-29-19(17-6-5-7-39-17)33(23)18-20(36-2)27-13-28-21(18)37-3/h9-10,13,15-17H,4-8,11-12H2,1-3H3,(H,30,31)/t15-,16+,17+/m1/s1. The highest BCUT2D eigenvalue weighted by Crippen LogP contribution is 2.37. The minimum atomic E-state index is -4.10. The molecule has 216 valence electrons. The second-order valence-electron chi connectivity index (χ2n) is 9.15. The Labute approximate surface area is 230 Å². The molecular formula is C23H30FN9O6S. The van der Waals surface area contributed by atoms with Gasteiger partial charge in [0.1, 0.15) is 17.7 Å². The minimum Gasteiger partial charge on any atom is -0.479 e. The van der Waals surface area contributed by atoms with Gasteiger partial charge < -0.3 is 23.8 Å². The van der Waals surface area contributed by atoms with Crippen molar-refractivity contribution in [2.24, 2.45) is 0 Å². The van der Waals surface area contributed by atoms with Crippen LogP contribution in [0.2, 0.25) is 0 Å². The van der Waals surface area contributed by atoms with Crippen molar-refractivity contribution in [2.75, 3.05) is 50.1 Å². The number of rotatable bonds is 10. The third kappa shape index (κ3) is 5.62. The van der Waals surface area contributed by atoms with Crippen LogP contribution in [-0.2, 0) is 19.5 Å². The van der Waals surface area contributed by atoms with Crippen LogP contribution < -0.4 is 19.1 Å². The first-order chi connectivity index (χ1) is 19.3. The van der Waals surface area contributed by atoms with Gasteiger partial charge in [-0.05, 0) is 26.2 Å². The number of anilines is 2. The maximum absolute atomic E-state index is 13.9. The van der Waals surface area contributed by atoms with Crippen LogP contribution in [0.5, 0.6) is 11.8 Å². The van der Waals surface area contributed by atoms with Crippen molar-refractivity contribution in [3.05, 3.63) is 30.4 Å². The van der Waals surface area contributed by atoms with E-state index in [1.54, 1.807) is 4.90 Å². The van der Waals surface area contributed by atoms with Gasteiger partial charge in [-0.15, -0.1) is 10.2 Å². The normalized spacial score (nSPS) is 21.4. The molecule has 3 atom stereocenters. The van der Waals surface area contributed by atoms with Crippen molar-refractivity contribution in [2.45, 2.75) is 43.6 Å². The van der Waals surface area contributed by atoms with E-state index < -0.39 is 33.3 Å². The lowest BCUT2D eigenvalue weighted by molar-refractivity contribution is 0.0531. The number of nitrogens with zero attached hydrogens (tertiary/aromatic N) is 8. The fraction of sp³-hybridized carbons (Fsp3) is 0.565. The molecule has 2 fully saturated rings. The lowest BCUT2D eigenvalue weighted by Gasteiger charge is -2.37. The van der Waals surface area contributed by atoms with Crippen molar-refractivity contribution in [1.29, 1.82) is 0 Å². The van der Waals surface area contributed by atoms with Crippen molar-refractivity contribution < 1.29 is 31.8 Å². The van der Waals surface area contributed by atoms with E-state index in [0.717, 1.165) is 18.8 Å². The summed E-state index contributed by atoms with van der Waals surface area (Å²) in [5.41, 5.74) is 0.220. The highest BCUT2D eigenvalue weighted by molar-refractivity contribution is 7.93. The largest absolute Gasteiger partial charge is 0.479 e. The zero-order valence-electron chi connectivity index (χ0n) is 22.2. The number of sulfonamides is 1. The number of hydrogen-bond donors (Lipinski definition) is 1. The molecule has 3 aromatic rings. The summed E-state index contributed by atoms with van der Waals surface area (Å²) in [7, 11) is -1.26. The summed E-state index contributed by atoms with van der Waals surface area (Å²) < 4.78 is 67.7. The molecule has 0 aliphatic carbocycles. The molecule has 5 heterocycles. The van der Waals surface area contributed by atoms with E-state index >= 15 is 0 Å². The molecule has 1 N–H and O–H groups in total. The molecule has 0 spiro atoms. The van der Waals surface area contributed by atoms with E-state index in [4.69, 9.17) is 18.9 Å². The molecule has 40 heavy (non-hydrogen) atoms. The third-order valence-electron chi connectivity index (χ3n) is 6.61. The predicted octanol–water partition coefficient (Wildman–Crippen LogP) is 1.28. The second kappa shape index (κ2) is 11.8. The van der Waals surface area contributed by atoms with E-state index in [1.165, 1.54) is 25.1 Å². The fourth-order valence-corrected chi connectivity index (χ4v) is 6.24. The summed E-state index contributed by atoms with van der Waals surface area (Å²) in [6.45, 7) is 3.13. The monoisotopic (exact) mass is 579 g/mol. The molecule has 17 heteroatoms. The fourth-order valence-electron chi connectivity index (χ4n) is 4.84. The maximum atomic E-state index is 13.9. The van der Waals surface area contributed by atoms with E-state index in [0.29, 0.717) is 32.0 Å². The molecule has 0 radical (unpaired) electrons. The van der Waals surface area contributed by atoms with Gasteiger partial charge in [-0.3, -0.25) is 9.29 Å². The molecule has 0 bridgehead atoms. The Morgan fingerprint density at radius 3 is 2.45 bits per heavy atom. The summed E-state index contributed by atoms with van der Waals surface area (Å²) in [6, 6.07) is 0. The van der Waals surface area contributed by atoms with Gasteiger partial charge in [-0.1, -0.05) is 0 Å². The van der Waals surface area contributed by atoms with E-state index in [9.17, 15) is 12.8 Å². The number of piperidine rings is 1. The Hall–Kier alpha value is -3.70. The first-order valence-corrected chi connectivity index (χ1v) is 14.2. The van der Waals surface area contributed by atoms with Crippen LogP contribution in [-0.4, -0.2) is 95.0 Å². The summed E-state index contributed by atoms with van der Waals surface area (Å²) in [4.78, 5) is 18.0.